The van der Waals surface area contributed by atoms with E-state index in [1.54, 1.807) is 22.3 Å². The van der Waals surface area contributed by atoms with Crippen molar-refractivity contribution in [1.29, 1.82) is 0 Å². The Morgan fingerprint density at radius 3 is 2.06 bits per heavy atom. The van der Waals surface area contributed by atoms with Gasteiger partial charge < -0.3 is 0 Å². The normalized spacial score (nSPS) is 19.8. The van der Waals surface area contributed by atoms with Gasteiger partial charge in [-0.2, -0.15) is 0 Å². The monoisotopic (exact) mass is 460 g/mol. The van der Waals surface area contributed by atoms with Crippen molar-refractivity contribution in [3.8, 4) is 11.1 Å². The van der Waals surface area contributed by atoms with Gasteiger partial charge in [0.1, 0.15) is 0 Å². The quantitative estimate of drug-likeness (QED) is 0.268. The largest absolute Gasteiger partial charge is 0.144 e. The molecule has 5 rings (SSSR count). The van der Waals surface area contributed by atoms with Crippen molar-refractivity contribution in [2.75, 3.05) is 0 Å². The van der Waals surface area contributed by atoms with Crippen molar-refractivity contribution < 1.29 is 0 Å². The topological polar surface area (TPSA) is 0 Å². The fourth-order valence-electron chi connectivity index (χ4n) is 6.86. The Hall–Kier alpha value is -1.64. The lowest BCUT2D eigenvalue weighted by Crippen LogP contribution is -2.22. The summed E-state index contributed by atoms with van der Waals surface area (Å²) in [5.74, 6) is 0. The lowest BCUT2D eigenvalue weighted by atomic mass is 9.74. The van der Waals surface area contributed by atoms with Gasteiger partial charge in [-0.05, 0) is 116 Å². The molecule has 4 aromatic rings. The zero-order valence-electron chi connectivity index (χ0n) is 20.5. The van der Waals surface area contributed by atoms with Gasteiger partial charge in [0.2, 0.25) is 0 Å². The highest BCUT2D eigenvalue weighted by molar-refractivity contribution is 7.17. The van der Waals surface area contributed by atoms with Crippen LogP contribution in [0.4, 0.5) is 0 Å². The van der Waals surface area contributed by atoms with Crippen LogP contribution in [-0.4, -0.2) is 0 Å². The highest BCUT2D eigenvalue weighted by Gasteiger charge is 2.47. The van der Waals surface area contributed by atoms with Gasteiger partial charge in [-0.1, -0.05) is 54.4 Å². The molecule has 1 aliphatic rings. The van der Waals surface area contributed by atoms with Crippen LogP contribution in [0, 0.1) is 0 Å². The molecule has 0 fully saturated rings. The van der Waals surface area contributed by atoms with Crippen LogP contribution in [0.2, 0.25) is 0 Å². The summed E-state index contributed by atoms with van der Waals surface area (Å²) in [6, 6.07) is 9.80. The van der Waals surface area contributed by atoms with Gasteiger partial charge in [-0.3, -0.25) is 0 Å². The van der Waals surface area contributed by atoms with Crippen LogP contribution in [0.15, 0.2) is 35.0 Å². The molecule has 0 N–H and O–H groups in total. The average molecular weight is 461 g/mol. The molecular formula is C30H36S2. The van der Waals surface area contributed by atoms with E-state index in [-0.39, 0.29) is 10.8 Å². The fraction of sp³-hybridized carbons (Fsp3) is 0.467. The Morgan fingerprint density at radius 1 is 0.781 bits per heavy atom. The molecule has 0 saturated carbocycles. The van der Waals surface area contributed by atoms with E-state index in [0.717, 1.165) is 12.8 Å². The maximum atomic E-state index is 2.56. The smallest absolute Gasteiger partial charge is 0.0352 e. The molecule has 0 spiro atoms. The molecule has 0 aliphatic heterocycles. The summed E-state index contributed by atoms with van der Waals surface area (Å²) in [5, 5.41) is 7.55. The third-order valence-electron chi connectivity index (χ3n) is 7.94. The van der Waals surface area contributed by atoms with E-state index < -0.39 is 0 Å². The number of unbranched alkanes of at least 4 members (excludes halogenated alkanes) is 1. The molecule has 0 amide bonds. The van der Waals surface area contributed by atoms with E-state index >= 15 is 0 Å². The van der Waals surface area contributed by atoms with Crippen LogP contribution in [0.25, 0.3) is 31.3 Å². The van der Waals surface area contributed by atoms with Gasteiger partial charge in [0, 0.05) is 9.40 Å². The van der Waals surface area contributed by atoms with Gasteiger partial charge in [-0.25, -0.2) is 0 Å². The maximum absolute atomic E-state index is 2.56. The average Bonchev–Trinajstić information content (AvgIpc) is 3.47. The second kappa shape index (κ2) is 7.99. The molecule has 1 aliphatic carbocycles. The fourth-order valence-corrected chi connectivity index (χ4v) is 8.55. The van der Waals surface area contributed by atoms with E-state index in [0.29, 0.717) is 0 Å². The van der Waals surface area contributed by atoms with Crippen molar-refractivity contribution in [3.63, 3.8) is 0 Å². The summed E-state index contributed by atoms with van der Waals surface area (Å²) < 4.78 is 2.90. The van der Waals surface area contributed by atoms with Gasteiger partial charge in [0.25, 0.3) is 0 Å². The van der Waals surface area contributed by atoms with Crippen molar-refractivity contribution in [3.05, 3.63) is 57.3 Å². The van der Waals surface area contributed by atoms with Crippen molar-refractivity contribution in [2.24, 2.45) is 0 Å². The number of rotatable bonds is 6. The van der Waals surface area contributed by atoms with Gasteiger partial charge in [0.15, 0.2) is 0 Å². The highest BCUT2D eigenvalue weighted by Crippen LogP contribution is 2.58. The van der Waals surface area contributed by atoms with Crippen molar-refractivity contribution in [2.45, 2.75) is 90.9 Å². The van der Waals surface area contributed by atoms with Crippen LogP contribution in [0.1, 0.15) is 89.5 Å². The number of fused-ring (bicyclic) bond motifs is 4. The van der Waals surface area contributed by atoms with Crippen molar-refractivity contribution in [1.82, 2.24) is 0 Å². The third kappa shape index (κ3) is 3.21. The zero-order valence-corrected chi connectivity index (χ0v) is 22.2. The Morgan fingerprint density at radius 2 is 1.41 bits per heavy atom. The maximum Gasteiger partial charge on any atom is 0.0352 e. The first-order valence-electron chi connectivity index (χ1n) is 12.4. The number of thiophene rings is 2. The van der Waals surface area contributed by atoms with Crippen LogP contribution in [-0.2, 0) is 23.7 Å². The zero-order chi connectivity index (χ0) is 22.7. The molecule has 2 aromatic carbocycles. The summed E-state index contributed by atoms with van der Waals surface area (Å²) in [6.07, 6.45) is 7.30. The van der Waals surface area contributed by atoms with Crippen LogP contribution >= 0.6 is 22.7 Å². The minimum atomic E-state index is 0.208. The Balaban J connectivity index is 1.91. The first-order chi connectivity index (χ1) is 15.3. The Labute approximate surface area is 201 Å². The highest BCUT2D eigenvalue weighted by atomic mass is 32.1. The van der Waals surface area contributed by atoms with E-state index in [2.05, 4.69) is 76.6 Å². The molecule has 2 heterocycles. The summed E-state index contributed by atoms with van der Waals surface area (Å²) in [6.45, 7) is 14.6. The molecule has 0 saturated heterocycles. The second-order valence-corrected chi connectivity index (χ2v) is 12.5. The number of hydrogen-bond donors (Lipinski definition) is 0. The molecule has 168 valence electrons. The van der Waals surface area contributed by atoms with Gasteiger partial charge >= 0.3 is 0 Å². The minimum absolute atomic E-state index is 0.208. The molecule has 2 aromatic heterocycles. The molecule has 1 atom stereocenters. The molecule has 2 heteroatoms. The van der Waals surface area contributed by atoms with Crippen molar-refractivity contribution >= 4 is 42.8 Å². The Kier molecular flexibility index (Phi) is 5.54. The van der Waals surface area contributed by atoms with Crippen LogP contribution in [0.3, 0.4) is 0 Å². The summed E-state index contributed by atoms with van der Waals surface area (Å²) in [5.41, 5.74) is 9.91. The van der Waals surface area contributed by atoms with E-state index in [1.165, 1.54) is 57.0 Å². The third-order valence-corrected chi connectivity index (χ3v) is 9.66. The van der Waals surface area contributed by atoms with E-state index in [9.17, 15) is 0 Å². The van der Waals surface area contributed by atoms with E-state index in [1.807, 2.05) is 22.7 Å². The molecule has 0 nitrogen and oxygen atoms in total. The van der Waals surface area contributed by atoms with E-state index in [4.69, 9.17) is 0 Å². The molecule has 0 radical (unpaired) electrons. The first-order valence-corrected chi connectivity index (χ1v) is 14.2. The number of aryl methyl sites for hydroxylation is 1. The minimum Gasteiger partial charge on any atom is -0.144 e. The second-order valence-electron chi connectivity index (χ2n) is 10.7. The Bertz CT molecular complexity index is 1300. The summed E-state index contributed by atoms with van der Waals surface area (Å²) >= 11 is 3.81. The van der Waals surface area contributed by atoms with Gasteiger partial charge in [-0.15, -0.1) is 22.7 Å². The predicted octanol–water partition coefficient (Wildman–Crippen LogP) is 10.0. The predicted molar refractivity (Wildman–Crippen MR) is 146 cm³/mol. The lowest BCUT2D eigenvalue weighted by molar-refractivity contribution is 0.347. The number of benzene rings is 2. The lowest BCUT2D eigenvalue weighted by Gasteiger charge is -2.30. The van der Waals surface area contributed by atoms with Crippen LogP contribution in [0.5, 0.6) is 0 Å². The van der Waals surface area contributed by atoms with Crippen LogP contribution < -0.4 is 0 Å². The first kappa shape index (κ1) is 22.2. The molecule has 1 unspecified atom stereocenters. The summed E-state index contributed by atoms with van der Waals surface area (Å²) in [4.78, 5) is 0. The molecule has 32 heavy (non-hydrogen) atoms. The summed E-state index contributed by atoms with van der Waals surface area (Å²) in [7, 11) is 0. The molecule has 0 bridgehead atoms. The standard InChI is InChI=1S/C30H36S2/c1-7-10-13-30(6)18-29(4,5)27-22-12-15-32-26(22)17-24(28(27)30)23-16-25-21(11-14-31-25)19(8-2)20(23)9-3/h11-12,14-17H,7-10,13,18H2,1-6H3. The number of hydrogen-bond acceptors (Lipinski definition) is 2. The SMILES string of the molecule is CCCCC1(C)CC(C)(C)c2c1c(-c1cc3sccc3c(CC)c1CC)cc1sccc21. The van der Waals surface area contributed by atoms with Gasteiger partial charge in [0.05, 0.1) is 0 Å². The molecular weight excluding hydrogens is 424 g/mol.